The topological polar surface area (TPSA) is 35.5 Å². The van der Waals surface area contributed by atoms with Crippen LogP contribution in [0.4, 0.5) is 0 Å². The number of aliphatic hydroxyl groups is 1. The Morgan fingerprint density at radius 2 is 1.90 bits per heavy atom. The summed E-state index contributed by atoms with van der Waals surface area (Å²) in [5.41, 5.74) is 2.97. The zero-order valence-corrected chi connectivity index (χ0v) is 6.51. The summed E-state index contributed by atoms with van der Waals surface area (Å²) in [6.45, 7) is 3.89. The second kappa shape index (κ2) is 3.91. The Labute approximate surface area is 62.0 Å². The maximum atomic E-state index is 8.95. The van der Waals surface area contributed by atoms with Gasteiger partial charge in [-0.15, -0.1) is 0 Å². The molecule has 1 aliphatic rings. The average Bonchev–Trinajstić information content (AvgIpc) is 1.88. The van der Waals surface area contributed by atoms with E-state index in [2.05, 4.69) is 10.4 Å². The largest absolute Gasteiger partial charge is 0.378 e. The van der Waals surface area contributed by atoms with Crippen molar-refractivity contribution in [3.8, 4) is 0 Å². The zero-order chi connectivity index (χ0) is 7.40. The van der Waals surface area contributed by atoms with Crippen LogP contribution in [0.2, 0.25) is 0 Å². The minimum Gasteiger partial charge on any atom is -0.378 e. The first-order chi connectivity index (χ1) is 4.79. The molecule has 1 rings (SSSR count). The van der Waals surface area contributed by atoms with Crippen LogP contribution in [-0.4, -0.2) is 29.4 Å². The molecule has 3 nitrogen and oxygen atoms in total. The van der Waals surface area contributed by atoms with Gasteiger partial charge in [-0.05, 0) is 19.8 Å². The highest BCUT2D eigenvalue weighted by molar-refractivity contribution is 4.60. The third-order valence-corrected chi connectivity index (χ3v) is 1.73. The van der Waals surface area contributed by atoms with Crippen molar-refractivity contribution in [2.75, 3.05) is 13.1 Å². The van der Waals surface area contributed by atoms with Crippen molar-refractivity contribution < 1.29 is 5.11 Å². The number of piperidine rings is 1. The van der Waals surface area contributed by atoms with E-state index in [0.29, 0.717) is 0 Å². The summed E-state index contributed by atoms with van der Waals surface area (Å²) in [6, 6.07) is 0. The minimum atomic E-state index is -0.405. The van der Waals surface area contributed by atoms with Gasteiger partial charge >= 0.3 is 0 Å². The van der Waals surface area contributed by atoms with E-state index in [1.54, 1.807) is 6.92 Å². The summed E-state index contributed by atoms with van der Waals surface area (Å²) >= 11 is 0. The van der Waals surface area contributed by atoms with Crippen LogP contribution < -0.4 is 5.43 Å². The minimum absolute atomic E-state index is 0.405. The molecule has 1 saturated heterocycles. The molecule has 0 spiro atoms. The van der Waals surface area contributed by atoms with Crippen molar-refractivity contribution >= 4 is 0 Å². The number of nitrogens with one attached hydrogen (secondary N) is 1. The Morgan fingerprint density at radius 1 is 1.30 bits per heavy atom. The molecular weight excluding hydrogens is 128 g/mol. The fourth-order valence-electron chi connectivity index (χ4n) is 1.29. The molecule has 2 N–H and O–H groups in total. The van der Waals surface area contributed by atoms with Crippen LogP contribution in [0.1, 0.15) is 26.2 Å². The normalized spacial score (nSPS) is 24.6. The van der Waals surface area contributed by atoms with Gasteiger partial charge in [-0.25, -0.2) is 10.4 Å². The molecule has 0 saturated carbocycles. The molecule has 10 heavy (non-hydrogen) atoms. The Morgan fingerprint density at radius 3 is 2.40 bits per heavy atom. The molecule has 0 radical (unpaired) electrons. The lowest BCUT2D eigenvalue weighted by Gasteiger charge is -2.28. The van der Waals surface area contributed by atoms with Gasteiger partial charge < -0.3 is 5.11 Å². The van der Waals surface area contributed by atoms with Crippen molar-refractivity contribution in [2.45, 2.75) is 32.4 Å². The lowest BCUT2D eigenvalue weighted by Crippen LogP contribution is -2.46. The van der Waals surface area contributed by atoms with Crippen molar-refractivity contribution in [1.29, 1.82) is 0 Å². The van der Waals surface area contributed by atoms with E-state index >= 15 is 0 Å². The van der Waals surface area contributed by atoms with Crippen molar-refractivity contribution in [1.82, 2.24) is 10.4 Å². The lowest BCUT2D eigenvalue weighted by atomic mass is 10.2. The maximum absolute atomic E-state index is 8.95. The zero-order valence-electron chi connectivity index (χ0n) is 6.51. The molecule has 0 amide bonds. The number of hydrazine groups is 1. The second-order valence-corrected chi connectivity index (χ2v) is 2.85. The number of nitrogens with zero attached hydrogens (tertiary/aromatic N) is 1. The van der Waals surface area contributed by atoms with Crippen LogP contribution in [0.5, 0.6) is 0 Å². The van der Waals surface area contributed by atoms with Gasteiger partial charge in [0, 0.05) is 13.1 Å². The van der Waals surface area contributed by atoms with Crippen LogP contribution in [0.15, 0.2) is 0 Å². The molecule has 1 heterocycles. The number of aliphatic hydroxyl groups excluding tert-OH is 1. The third kappa shape index (κ3) is 2.64. The van der Waals surface area contributed by atoms with Crippen LogP contribution in [0, 0.1) is 0 Å². The van der Waals surface area contributed by atoms with Gasteiger partial charge in [0.1, 0.15) is 6.23 Å². The maximum Gasteiger partial charge on any atom is 0.114 e. The predicted octanol–water partition coefficient (Wildman–Crippen LogP) is 0.315. The van der Waals surface area contributed by atoms with Crippen molar-refractivity contribution in [3.05, 3.63) is 0 Å². The van der Waals surface area contributed by atoms with Crippen LogP contribution in [0.3, 0.4) is 0 Å². The molecule has 1 atom stereocenters. The van der Waals surface area contributed by atoms with E-state index in [1.165, 1.54) is 19.3 Å². The molecule has 60 valence electrons. The van der Waals surface area contributed by atoms with Gasteiger partial charge in [0.25, 0.3) is 0 Å². The second-order valence-electron chi connectivity index (χ2n) is 2.85. The van der Waals surface area contributed by atoms with E-state index in [-0.39, 0.29) is 0 Å². The van der Waals surface area contributed by atoms with Crippen LogP contribution in [0.25, 0.3) is 0 Å². The molecule has 0 aromatic heterocycles. The fourth-order valence-corrected chi connectivity index (χ4v) is 1.29. The smallest absolute Gasteiger partial charge is 0.114 e. The monoisotopic (exact) mass is 144 g/mol. The molecule has 0 aromatic carbocycles. The SMILES string of the molecule is CC(O)NN1CCCCC1. The number of rotatable bonds is 2. The molecule has 0 bridgehead atoms. The first-order valence-corrected chi connectivity index (χ1v) is 3.98. The predicted molar refractivity (Wildman–Crippen MR) is 40.2 cm³/mol. The molecule has 1 fully saturated rings. The molecule has 1 unspecified atom stereocenters. The quantitative estimate of drug-likeness (QED) is 0.548. The van der Waals surface area contributed by atoms with Crippen LogP contribution in [-0.2, 0) is 0 Å². The standard InChI is InChI=1S/C7H16N2O/c1-7(10)8-9-5-3-2-4-6-9/h7-8,10H,2-6H2,1H3. The lowest BCUT2D eigenvalue weighted by molar-refractivity contribution is 0.0353. The Balaban J connectivity index is 2.13. The molecular formula is C7H16N2O. The summed E-state index contributed by atoms with van der Waals surface area (Å²) in [5, 5.41) is 11.0. The van der Waals surface area contributed by atoms with E-state index in [9.17, 15) is 0 Å². The van der Waals surface area contributed by atoms with E-state index in [0.717, 1.165) is 13.1 Å². The summed E-state index contributed by atoms with van der Waals surface area (Å²) in [7, 11) is 0. The molecule has 3 heteroatoms. The van der Waals surface area contributed by atoms with E-state index in [1.807, 2.05) is 0 Å². The highest BCUT2D eigenvalue weighted by atomic mass is 16.3. The van der Waals surface area contributed by atoms with Gasteiger partial charge in [0.15, 0.2) is 0 Å². The van der Waals surface area contributed by atoms with Gasteiger partial charge in [0.2, 0.25) is 0 Å². The Kier molecular flexibility index (Phi) is 3.12. The number of hydrogen-bond donors (Lipinski definition) is 2. The summed E-state index contributed by atoms with van der Waals surface area (Å²) in [5.74, 6) is 0. The highest BCUT2D eigenvalue weighted by Crippen LogP contribution is 2.05. The number of hydrogen-bond acceptors (Lipinski definition) is 3. The van der Waals surface area contributed by atoms with Crippen LogP contribution >= 0.6 is 0 Å². The Hall–Kier alpha value is -0.120. The third-order valence-electron chi connectivity index (χ3n) is 1.73. The molecule has 1 aliphatic heterocycles. The van der Waals surface area contributed by atoms with Crippen molar-refractivity contribution in [3.63, 3.8) is 0 Å². The van der Waals surface area contributed by atoms with Gasteiger partial charge in [-0.1, -0.05) is 6.42 Å². The highest BCUT2D eigenvalue weighted by Gasteiger charge is 2.09. The summed E-state index contributed by atoms with van der Waals surface area (Å²) in [6.07, 6.45) is 3.43. The molecule has 0 aliphatic carbocycles. The van der Waals surface area contributed by atoms with Gasteiger partial charge in [-0.2, -0.15) is 0 Å². The van der Waals surface area contributed by atoms with Gasteiger partial charge in [0.05, 0.1) is 0 Å². The summed E-state index contributed by atoms with van der Waals surface area (Å²) in [4.78, 5) is 0. The average molecular weight is 144 g/mol. The van der Waals surface area contributed by atoms with E-state index in [4.69, 9.17) is 5.11 Å². The van der Waals surface area contributed by atoms with E-state index < -0.39 is 6.23 Å². The molecule has 0 aromatic rings. The van der Waals surface area contributed by atoms with Gasteiger partial charge in [-0.3, -0.25) is 0 Å². The van der Waals surface area contributed by atoms with Crippen molar-refractivity contribution in [2.24, 2.45) is 0 Å². The first-order valence-electron chi connectivity index (χ1n) is 3.98. The fraction of sp³-hybridized carbons (Fsp3) is 1.00. The summed E-state index contributed by atoms with van der Waals surface area (Å²) < 4.78 is 0. The Bertz CT molecular complexity index is 89.6. The first kappa shape index (κ1) is 7.98.